The summed E-state index contributed by atoms with van der Waals surface area (Å²) in [7, 11) is 0. The van der Waals surface area contributed by atoms with Crippen molar-refractivity contribution >= 4 is 45.9 Å². The first kappa shape index (κ1) is 35.6. The van der Waals surface area contributed by atoms with Crippen molar-refractivity contribution < 1.29 is 28.7 Å². The molecule has 0 bridgehead atoms. The van der Waals surface area contributed by atoms with Gasteiger partial charge in [-0.1, -0.05) is 104 Å². The lowest BCUT2D eigenvalue weighted by Gasteiger charge is -2.22. The third kappa shape index (κ3) is 10.1. The summed E-state index contributed by atoms with van der Waals surface area (Å²) in [6.45, 7) is 13.0. The predicted octanol–water partition coefficient (Wildman–Crippen LogP) is 9.48. The Kier molecular flexibility index (Phi) is 13.5. The summed E-state index contributed by atoms with van der Waals surface area (Å²) in [6.07, 6.45) is 9.73. The van der Waals surface area contributed by atoms with Crippen LogP contribution >= 0.6 is 0 Å². The molecule has 8 heteroatoms. The maximum atomic E-state index is 11.9. The van der Waals surface area contributed by atoms with Crippen molar-refractivity contribution in [3.05, 3.63) is 108 Å². The molecule has 4 aromatic rings. The summed E-state index contributed by atoms with van der Waals surface area (Å²) >= 11 is 0. The van der Waals surface area contributed by atoms with Crippen molar-refractivity contribution in [2.24, 2.45) is 10.3 Å². The third-order valence-electron chi connectivity index (χ3n) is 7.77. The van der Waals surface area contributed by atoms with Crippen LogP contribution < -0.4 is 9.47 Å². The van der Waals surface area contributed by atoms with Crippen LogP contribution in [0.1, 0.15) is 76.8 Å². The average Bonchev–Trinajstić information content (AvgIpc) is 3.09. The molecule has 0 saturated heterocycles. The van der Waals surface area contributed by atoms with Gasteiger partial charge in [0.25, 0.3) is 0 Å². The van der Waals surface area contributed by atoms with Gasteiger partial charge in [0.1, 0.15) is 11.5 Å². The minimum Gasteiger partial charge on any atom is -0.493 e. The van der Waals surface area contributed by atoms with Gasteiger partial charge in [-0.15, -0.1) is 0 Å². The van der Waals surface area contributed by atoms with Crippen LogP contribution in [0.25, 0.3) is 21.5 Å². The molecule has 0 N–H and O–H groups in total. The second-order valence-electron chi connectivity index (χ2n) is 11.8. The highest BCUT2D eigenvalue weighted by Crippen LogP contribution is 2.32. The molecule has 0 spiro atoms. The number of rotatable bonds is 18. The van der Waals surface area contributed by atoms with Gasteiger partial charge in [0, 0.05) is 27.7 Å². The molecule has 4 rings (SSSR count). The van der Waals surface area contributed by atoms with Gasteiger partial charge in [0.05, 0.1) is 25.1 Å². The van der Waals surface area contributed by atoms with E-state index in [0.717, 1.165) is 77.6 Å². The van der Waals surface area contributed by atoms with Crippen molar-refractivity contribution in [3.63, 3.8) is 0 Å². The van der Waals surface area contributed by atoms with Crippen LogP contribution in [0.3, 0.4) is 0 Å². The number of benzene rings is 4. The Morgan fingerprint density at radius 1 is 0.729 bits per heavy atom. The zero-order valence-corrected chi connectivity index (χ0v) is 28.1. The van der Waals surface area contributed by atoms with Gasteiger partial charge in [-0.05, 0) is 74.2 Å². The molecule has 0 aliphatic heterocycles. The third-order valence-corrected chi connectivity index (χ3v) is 7.77. The fourth-order valence-electron chi connectivity index (χ4n) is 5.15. The van der Waals surface area contributed by atoms with E-state index in [4.69, 9.17) is 19.1 Å². The van der Waals surface area contributed by atoms with Crippen LogP contribution in [0.5, 0.6) is 11.5 Å². The van der Waals surface area contributed by atoms with Crippen LogP contribution in [0.15, 0.2) is 107 Å². The van der Waals surface area contributed by atoms with Crippen LogP contribution in [0.2, 0.25) is 0 Å². The molecule has 4 aromatic carbocycles. The monoisotopic (exact) mass is 648 g/mol. The van der Waals surface area contributed by atoms with E-state index in [1.807, 2.05) is 72.8 Å². The summed E-state index contributed by atoms with van der Waals surface area (Å²) < 4.78 is 13.0. The minimum atomic E-state index is -0.584. The standard InChI is InChI=1S/C40H44N2O6/c1-6-7-8-17-33(46-38-32(26-41-47-39(43)28(2)3)22-21-31-16-10-12-20-35(31)38)18-13-14-25-45-37-24-23-30-15-9-11-19-34(30)36(37)27-42-48-40(44)29(4)5/h9-12,15-16,19-24,26-27,33H,2,4,6-8,13-14,17-18,25H2,1,3,5H3. The Morgan fingerprint density at radius 2 is 1.31 bits per heavy atom. The van der Waals surface area contributed by atoms with E-state index in [2.05, 4.69) is 30.4 Å². The Balaban J connectivity index is 1.46. The van der Waals surface area contributed by atoms with Crippen molar-refractivity contribution in [2.75, 3.05) is 6.61 Å². The highest BCUT2D eigenvalue weighted by molar-refractivity contribution is 6.02. The molecule has 0 amide bonds. The fourth-order valence-corrected chi connectivity index (χ4v) is 5.15. The van der Waals surface area contributed by atoms with Crippen molar-refractivity contribution in [3.8, 4) is 11.5 Å². The highest BCUT2D eigenvalue weighted by Gasteiger charge is 2.16. The van der Waals surface area contributed by atoms with Gasteiger partial charge in [-0.3, -0.25) is 0 Å². The molecule has 1 atom stereocenters. The van der Waals surface area contributed by atoms with E-state index in [1.54, 1.807) is 13.8 Å². The molecule has 48 heavy (non-hydrogen) atoms. The number of carbonyl (C=O) groups is 2. The molecule has 0 aromatic heterocycles. The van der Waals surface area contributed by atoms with Gasteiger partial charge in [0.15, 0.2) is 0 Å². The number of hydrogen-bond acceptors (Lipinski definition) is 8. The molecule has 0 saturated carbocycles. The number of oxime groups is 2. The predicted molar refractivity (Wildman–Crippen MR) is 193 cm³/mol. The lowest BCUT2D eigenvalue weighted by Crippen LogP contribution is -2.18. The van der Waals surface area contributed by atoms with Gasteiger partial charge in [0.2, 0.25) is 0 Å². The highest BCUT2D eigenvalue weighted by atomic mass is 16.7. The minimum absolute atomic E-state index is 0.0289. The van der Waals surface area contributed by atoms with E-state index >= 15 is 0 Å². The number of carbonyl (C=O) groups excluding carboxylic acids is 2. The molecule has 250 valence electrons. The van der Waals surface area contributed by atoms with Crippen LogP contribution in [-0.2, 0) is 19.3 Å². The summed E-state index contributed by atoms with van der Waals surface area (Å²) in [5, 5.41) is 11.8. The van der Waals surface area contributed by atoms with Crippen molar-refractivity contribution in [1.29, 1.82) is 0 Å². The molecule has 0 radical (unpaired) electrons. The number of unbranched alkanes of at least 4 members (excludes halogenated alkanes) is 3. The topological polar surface area (TPSA) is 95.8 Å². The molecule has 8 nitrogen and oxygen atoms in total. The van der Waals surface area contributed by atoms with Crippen molar-refractivity contribution in [1.82, 2.24) is 0 Å². The summed E-state index contributed by atoms with van der Waals surface area (Å²) in [6, 6.07) is 23.8. The number of nitrogens with zero attached hydrogens (tertiary/aromatic N) is 2. The average molecular weight is 649 g/mol. The van der Waals surface area contributed by atoms with Gasteiger partial charge in [-0.25, -0.2) is 9.59 Å². The molecule has 1 unspecified atom stereocenters. The van der Waals surface area contributed by atoms with Gasteiger partial charge >= 0.3 is 11.9 Å². The maximum absolute atomic E-state index is 11.9. The molecule has 0 fully saturated rings. The lowest BCUT2D eigenvalue weighted by atomic mass is 10.0. The molecule has 0 heterocycles. The first-order chi connectivity index (χ1) is 23.3. The summed E-state index contributed by atoms with van der Waals surface area (Å²) in [5.74, 6) is 0.210. The van der Waals surface area contributed by atoms with Crippen LogP contribution in [0.4, 0.5) is 0 Å². The van der Waals surface area contributed by atoms with Gasteiger partial charge < -0.3 is 19.1 Å². The maximum Gasteiger partial charge on any atom is 0.360 e. The second-order valence-corrected chi connectivity index (χ2v) is 11.8. The molecule has 0 aliphatic rings. The molecule has 0 aliphatic carbocycles. The summed E-state index contributed by atoms with van der Waals surface area (Å²) in [5.41, 5.74) is 2.01. The van der Waals surface area contributed by atoms with E-state index in [9.17, 15) is 9.59 Å². The Labute approximate surface area is 282 Å². The fraction of sp³-hybridized carbons (Fsp3) is 0.300. The number of hydrogen-bond donors (Lipinski definition) is 0. The van der Waals surface area contributed by atoms with E-state index in [-0.39, 0.29) is 17.3 Å². The Morgan fingerprint density at radius 3 is 1.98 bits per heavy atom. The Hall–Kier alpha value is -5.24. The second kappa shape index (κ2) is 18.2. The van der Waals surface area contributed by atoms with Crippen molar-refractivity contribution in [2.45, 2.75) is 71.8 Å². The molecular formula is C40H44N2O6. The lowest BCUT2D eigenvalue weighted by molar-refractivity contribution is -0.139. The normalized spacial score (nSPS) is 12.0. The van der Waals surface area contributed by atoms with Gasteiger partial charge in [-0.2, -0.15) is 0 Å². The van der Waals surface area contributed by atoms with E-state index < -0.39 is 11.9 Å². The quantitative estimate of drug-likeness (QED) is 0.0351. The number of ether oxygens (including phenoxy) is 2. The summed E-state index contributed by atoms with van der Waals surface area (Å²) in [4.78, 5) is 33.7. The zero-order valence-electron chi connectivity index (χ0n) is 28.1. The number of fused-ring (bicyclic) bond motifs is 2. The first-order valence-electron chi connectivity index (χ1n) is 16.4. The first-order valence-corrected chi connectivity index (χ1v) is 16.4. The largest absolute Gasteiger partial charge is 0.493 e. The smallest absolute Gasteiger partial charge is 0.360 e. The van der Waals surface area contributed by atoms with Crippen LogP contribution in [-0.4, -0.2) is 37.1 Å². The van der Waals surface area contributed by atoms with E-state index in [0.29, 0.717) is 18.1 Å². The zero-order chi connectivity index (χ0) is 34.3. The Bertz CT molecular complexity index is 1810. The SMILES string of the molecule is C=C(C)C(=O)ON=Cc1ccc2ccccc2c1OC(CCCCC)CCCCOc1ccc2ccccc2c1C=NOC(=O)C(=C)C. The van der Waals surface area contributed by atoms with Crippen LogP contribution in [0, 0.1) is 0 Å². The van der Waals surface area contributed by atoms with E-state index in [1.165, 1.54) is 12.4 Å². The molecular weight excluding hydrogens is 604 g/mol.